The molecular weight excluding hydrogens is 593 g/mol. The number of benzene rings is 3. The maximum Gasteiger partial charge on any atom is 0.264 e. The maximum atomic E-state index is 14.0. The van der Waals surface area contributed by atoms with Crippen molar-refractivity contribution in [3.8, 4) is 0 Å². The highest BCUT2D eigenvalue weighted by molar-refractivity contribution is 7.92. The molecule has 0 heterocycles. The first-order chi connectivity index (χ1) is 18.9. The first-order valence-electron chi connectivity index (χ1n) is 12.8. The Morgan fingerprint density at radius 2 is 1.52 bits per heavy atom. The normalized spacial score (nSPS) is 12.1. The molecule has 0 radical (unpaired) electrons. The van der Waals surface area contributed by atoms with Gasteiger partial charge in [-0.2, -0.15) is 0 Å². The molecule has 11 heteroatoms. The van der Waals surface area contributed by atoms with Gasteiger partial charge in [0.15, 0.2) is 0 Å². The highest BCUT2D eigenvalue weighted by atomic mass is 35.5. The first kappa shape index (κ1) is 31.7. The van der Waals surface area contributed by atoms with Crippen LogP contribution in [0.4, 0.5) is 5.69 Å². The van der Waals surface area contributed by atoms with Crippen LogP contribution < -0.4 is 9.62 Å². The Hall–Kier alpha value is -2.78. The summed E-state index contributed by atoms with van der Waals surface area (Å²) in [6.07, 6.45) is 1.67. The van der Waals surface area contributed by atoms with Crippen molar-refractivity contribution in [2.75, 3.05) is 17.4 Å². The number of nitrogens with one attached hydrogen (secondary N) is 1. The average molecular weight is 625 g/mol. The first-order valence-corrected chi connectivity index (χ1v) is 15.4. The number of unbranched alkanes of at least 4 members (excludes halogenated alkanes) is 1. The van der Waals surface area contributed by atoms with Gasteiger partial charge in [0.2, 0.25) is 11.8 Å². The third-order valence-corrected chi connectivity index (χ3v) is 9.14. The van der Waals surface area contributed by atoms with Crippen molar-refractivity contribution in [1.82, 2.24) is 10.2 Å². The summed E-state index contributed by atoms with van der Waals surface area (Å²) in [5.74, 6) is -0.982. The number of hydrogen-bond acceptors (Lipinski definition) is 4. The molecule has 3 rings (SSSR count). The molecule has 214 valence electrons. The lowest BCUT2D eigenvalue weighted by Gasteiger charge is -2.32. The molecule has 3 aromatic rings. The van der Waals surface area contributed by atoms with Gasteiger partial charge in [-0.15, -0.1) is 0 Å². The second kappa shape index (κ2) is 14.2. The van der Waals surface area contributed by atoms with Crippen molar-refractivity contribution < 1.29 is 18.0 Å². The van der Waals surface area contributed by atoms with Gasteiger partial charge in [0.1, 0.15) is 12.6 Å². The molecule has 2 amide bonds. The number of sulfonamides is 1. The van der Waals surface area contributed by atoms with E-state index in [0.717, 1.165) is 22.7 Å². The molecule has 0 saturated carbocycles. The topological polar surface area (TPSA) is 86.8 Å². The zero-order chi connectivity index (χ0) is 29.4. The Bertz CT molecular complexity index is 1410. The van der Waals surface area contributed by atoms with Gasteiger partial charge in [0, 0.05) is 33.7 Å². The van der Waals surface area contributed by atoms with E-state index in [1.807, 2.05) is 13.8 Å². The molecule has 0 aromatic heterocycles. The molecule has 0 spiro atoms. The summed E-state index contributed by atoms with van der Waals surface area (Å²) < 4.78 is 28.7. The fourth-order valence-electron chi connectivity index (χ4n) is 3.95. The predicted molar refractivity (Wildman–Crippen MR) is 162 cm³/mol. The van der Waals surface area contributed by atoms with Crippen molar-refractivity contribution in [2.24, 2.45) is 0 Å². The minimum absolute atomic E-state index is 0.0203. The van der Waals surface area contributed by atoms with Crippen molar-refractivity contribution in [2.45, 2.75) is 51.1 Å². The minimum atomic E-state index is -4.17. The average Bonchev–Trinajstić information content (AvgIpc) is 2.92. The van der Waals surface area contributed by atoms with E-state index in [1.54, 1.807) is 49.4 Å². The number of anilines is 1. The number of aryl methyl sites for hydroxylation is 1. The maximum absolute atomic E-state index is 14.0. The van der Waals surface area contributed by atoms with E-state index < -0.39 is 28.5 Å². The van der Waals surface area contributed by atoms with Gasteiger partial charge in [-0.25, -0.2) is 8.42 Å². The summed E-state index contributed by atoms with van der Waals surface area (Å²) in [4.78, 5) is 28.3. The van der Waals surface area contributed by atoms with Crippen LogP contribution in [0.25, 0.3) is 0 Å². The standard InChI is InChI=1S/C29H32Cl3N3O4S/c1-4-5-17-33-29(37)21(3)34(18-25-26(31)7-6-8-27(25)32)28(36)19-35(23-13-11-22(30)12-14-23)40(38,39)24-15-9-20(2)10-16-24/h6-16,21H,4-5,17-19H2,1-3H3,(H,33,37)/t21-/m1/s1. The highest BCUT2D eigenvalue weighted by Gasteiger charge is 2.33. The van der Waals surface area contributed by atoms with Gasteiger partial charge in [-0.3, -0.25) is 13.9 Å². The number of rotatable bonds is 12. The van der Waals surface area contributed by atoms with Crippen LogP contribution in [-0.2, 0) is 26.2 Å². The van der Waals surface area contributed by atoms with Crippen molar-refractivity contribution in [1.29, 1.82) is 0 Å². The molecule has 0 aliphatic rings. The van der Waals surface area contributed by atoms with E-state index >= 15 is 0 Å². The Morgan fingerprint density at radius 3 is 2.10 bits per heavy atom. The summed E-state index contributed by atoms with van der Waals surface area (Å²) in [6, 6.07) is 16.5. The molecule has 1 atom stereocenters. The molecular formula is C29H32Cl3N3O4S. The zero-order valence-corrected chi connectivity index (χ0v) is 25.6. The van der Waals surface area contributed by atoms with Crippen LogP contribution in [0.2, 0.25) is 15.1 Å². The Kier molecular flexibility index (Phi) is 11.3. The van der Waals surface area contributed by atoms with Crippen molar-refractivity contribution in [3.63, 3.8) is 0 Å². The highest BCUT2D eigenvalue weighted by Crippen LogP contribution is 2.29. The van der Waals surface area contributed by atoms with Gasteiger partial charge in [-0.1, -0.05) is 71.9 Å². The van der Waals surface area contributed by atoms with Gasteiger partial charge in [0.25, 0.3) is 10.0 Å². The number of hydrogen-bond donors (Lipinski definition) is 1. The third kappa shape index (κ3) is 7.91. The largest absolute Gasteiger partial charge is 0.354 e. The van der Waals surface area contributed by atoms with E-state index in [1.165, 1.54) is 29.2 Å². The van der Waals surface area contributed by atoms with E-state index in [-0.39, 0.29) is 23.0 Å². The SMILES string of the molecule is CCCCNC(=O)[C@@H](C)N(Cc1c(Cl)cccc1Cl)C(=O)CN(c1ccc(Cl)cc1)S(=O)(=O)c1ccc(C)cc1. The quantitative estimate of drug-likeness (QED) is 0.234. The molecule has 1 N–H and O–H groups in total. The third-order valence-electron chi connectivity index (χ3n) is 6.39. The van der Waals surface area contributed by atoms with Crippen molar-refractivity contribution >= 4 is 62.3 Å². The van der Waals surface area contributed by atoms with Gasteiger partial charge >= 0.3 is 0 Å². The molecule has 3 aromatic carbocycles. The predicted octanol–water partition coefficient (Wildman–Crippen LogP) is 6.48. The number of carbonyl (C=O) groups is 2. The molecule has 0 unspecified atom stereocenters. The monoisotopic (exact) mass is 623 g/mol. The molecule has 0 aliphatic heterocycles. The fraction of sp³-hybridized carbons (Fsp3) is 0.310. The second-order valence-corrected chi connectivity index (χ2v) is 12.5. The van der Waals surface area contributed by atoms with Crippen LogP contribution >= 0.6 is 34.8 Å². The molecule has 0 saturated heterocycles. The summed E-state index contributed by atoms with van der Waals surface area (Å²) in [7, 11) is -4.17. The Labute approximate surface area is 251 Å². The summed E-state index contributed by atoms with van der Waals surface area (Å²) in [6.45, 7) is 5.22. The Balaban J connectivity index is 2.03. The van der Waals surface area contributed by atoms with E-state index in [9.17, 15) is 18.0 Å². The van der Waals surface area contributed by atoms with Crippen LogP contribution in [0.5, 0.6) is 0 Å². The fourth-order valence-corrected chi connectivity index (χ4v) is 6.00. The summed E-state index contributed by atoms with van der Waals surface area (Å²) in [5, 5.41) is 3.90. The van der Waals surface area contributed by atoms with E-state index in [2.05, 4.69) is 5.32 Å². The molecule has 40 heavy (non-hydrogen) atoms. The number of halogens is 3. The van der Waals surface area contributed by atoms with Crippen LogP contribution in [0, 0.1) is 6.92 Å². The van der Waals surface area contributed by atoms with Gasteiger partial charge in [0.05, 0.1) is 10.6 Å². The van der Waals surface area contributed by atoms with Crippen LogP contribution in [0.3, 0.4) is 0 Å². The summed E-state index contributed by atoms with van der Waals surface area (Å²) in [5.41, 5.74) is 1.58. The lowest BCUT2D eigenvalue weighted by molar-refractivity contribution is -0.139. The summed E-state index contributed by atoms with van der Waals surface area (Å²) >= 11 is 18.9. The lowest BCUT2D eigenvalue weighted by Crippen LogP contribution is -2.51. The second-order valence-electron chi connectivity index (χ2n) is 9.34. The van der Waals surface area contributed by atoms with E-state index in [0.29, 0.717) is 27.2 Å². The molecule has 0 fully saturated rings. The van der Waals surface area contributed by atoms with Gasteiger partial charge in [-0.05, 0) is 68.8 Å². The number of nitrogens with zero attached hydrogens (tertiary/aromatic N) is 2. The molecule has 0 aliphatic carbocycles. The smallest absolute Gasteiger partial charge is 0.264 e. The number of carbonyl (C=O) groups excluding carboxylic acids is 2. The van der Waals surface area contributed by atoms with E-state index in [4.69, 9.17) is 34.8 Å². The lowest BCUT2D eigenvalue weighted by atomic mass is 10.1. The Morgan fingerprint density at radius 1 is 0.925 bits per heavy atom. The van der Waals surface area contributed by atoms with Crippen LogP contribution in [0.1, 0.15) is 37.8 Å². The molecule has 0 bridgehead atoms. The van der Waals surface area contributed by atoms with Gasteiger partial charge < -0.3 is 10.2 Å². The van der Waals surface area contributed by atoms with Crippen LogP contribution in [0.15, 0.2) is 71.6 Å². The number of amides is 2. The zero-order valence-electron chi connectivity index (χ0n) is 22.5. The van der Waals surface area contributed by atoms with Crippen LogP contribution in [-0.4, -0.2) is 44.3 Å². The van der Waals surface area contributed by atoms with Crippen molar-refractivity contribution in [3.05, 3.63) is 92.9 Å². The minimum Gasteiger partial charge on any atom is -0.354 e. The molecule has 7 nitrogen and oxygen atoms in total.